The molecule has 0 saturated carbocycles. The summed E-state index contributed by atoms with van der Waals surface area (Å²) >= 11 is 6.69. The van der Waals surface area contributed by atoms with Crippen LogP contribution < -0.4 is 5.32 Å². The second-order valence-corrected chi connectivity index (χ2v) is 12.7. The fourth-order valence-electron chi connectivity index (χ4n) is 5.39. The summed E-state index contributed by atoms with van der Waals surface area (Å²) in [6.07, 6.45) is 1.86. The van der Waals surface area contributed by atoms with Gasteiger partial charge in [-0.15, -0.1) is 0 Å². The first kappa shape index (κ1) is 28.1. The maximum Gasteiger partial charge on any atom is 0.337 e. The van der Waals surface area contributed by atoms with Crippen LogP contribution in [0, 0.1) is 0 Å². The minimum absolute atomic E-state index is 0.0295. The summed E-state index contributed by atoms with van der Waals surface area (Å²) in [4.78, 5) is 16.3. The number of rotatable bonds is 8. The minimum atomic E-state index is -3.67. The van der Waals surface area contributed by atoms with E-state index in [1.165, 1.54) is 5.56 Å². The Labute approximate surface area is 241 Å². The van der Waals surface area contributed by atoms with E-state index in [9.17, 15) is 13.2 Å². The molecule has 6 nitrogen and oxygen atoms in total. The zero-order valence-corrected chi connectivity index (χ0v) is 24.0. The maximum atomic E-state index is 14.0. The highest BCUT2D eigenvalue weighted by atomic mass is 35.5. The van der Waals surface area contributed by atoms with Gasteiger partial charge >= 0.3 is 5.97 Å². The van der Waals surface area contributed by atoms with Crippen molar-refractivity contribution in [1.29, 1.82) is 0 Å². The Bertz CT molecular complexity index is 1540. The van der Waals surface area contributed by atoms with Crippen LogP contribution in [0.1, 0.15) is 41.9 Å². The predicted molar refractivity (Wildman–Crippen MR) is 159 cm³/mol. The fraction of sp³-hybridized carbons (Fsp3) is 0.281. The van der Waals surface area contributed by atoms with Crippen molar-refractivity contribution in [2.45, 2.75) is 31.7 Å². The topological polar surface area (TPSA) is 75.7 Å². The van der Waals surface area contributed by atoms with Crippen molar-refractivity contribution in [3.8, 4) is 0 Å². The molecule has 1 atom stereocenters. The molecule has 3 aromatic rings. The maximum absolute atomic E-state index is 14.0. The quantitative estimate of drug-likeness (QED) is 0.335. The van der Waals surface area contributed by atoms with Gasteiger partial charge in [0.05, 0.1) is 27.8 Å². The molecule has 2 aliphatic heterocycles. The Morgan fingerprint density at radius 1 is 0.975 bits per heavy atom. The van der Waals surface area contributed by atoms with Gasteiger partial charge in [-0.3, -0.25) is 4.90 Å². The molecule has 0 aliphatic carbocycles. The third-order valence-corrected chi connectivity index (χ3v) is 9.64. The second kappa shape index (κ2) is 12.4. The fourth-order valence-corrected chi connectivity index (χ4v) is 7.57. The van der Waals surface area contributed by atoms with Crippen LogP contribution in [0.4, 0.5) is 0 Å². The lowest BCUT2D eigenvalue weighted by atomic mass is 9.84. The van der Waals surface area contributed by atoms with Crippen LogP contribution >= 0.6 is 11.6 Å². The molecule has 1 N–H and O–H groups in total. The summed E-state index contributed by atoms with van der Waals surface area (Å²) in [5, 5.41) is 3.78. The van der Waals surface area contributed by atoms with Gasteiger partial charge in [0.2, 0.25) is 0 Å². The van der Waals surface area contributed by atoms with E-state index in [0.29, 0.717) is 47.9 Å². The summed E-state index contributed by atoms with van der Waals surface area (Å²) < 4.78 is 33.3. The van der Waals surface area contributed by atoms with Crippen LogP contribution in [0.15, 0.2) is 101 Å². The normalized spacial score (nSPS) is 18.6. The highest BCUT2D eigenvalue weighted by Gasteiger charge is 2.43. The van der Waals surface area contributed by atoms with E-state index in [4.69, 9.17) is 16.3 Å². The number of likely N-dealkylation sites (N-methyl/N-ethyl adjacent to an activating group) is 1. The number of sulfone groups is 1. The van der Waals surface area contributed by atoms with E-state index in [-0.39, 0.29) is 22.8 Å². The summed E-state index contributed by atoms with van der Waals surface area (Å²) in [6, 6.07) is 26.7. The SMILES string of the molecule is CN(CCOC(=O)C1=C(c2ccccc2)NC2=C(C1c1ccccc1Cl)S(=O)(=O)CCCC2)Cc1ccccc1. The molecule has 2 heterocycles. The van der Waals surface area contributed by atoms with Crippen LogP contribution in [0.3, 0.4) is 0 Å². The molecule has 1 unspecified atom stereocenters. The molecule has 0 spiro atoms. The molecule has 40 heavy (non-hydrogen) atoms. The van der Waals surface area contributed by atoms with Crippen molar-refractivity contribution in [1.82, 2.24) is 10.2 Å². The van der Waals surface area contributed by atoms with Gasteiger partial charge in [0.15, 0.2) is 9.84 Å². The van der Waals surface area contributed by atoms with E-state index in [1.807, 2.05) is 61.6 Å². The summed E-state index contributed by atoms with van der Waals surface area (Å²) in [6.45, 7) is 1.39. The average molecular weight is 577 g/mol. The monoisotopic (exact) mass is 576 g/mol. The zero-order valence-electron chi connectivity index (χ0n) is 22.5. The van der Waals surface area contributed by atoms with Gasteiger partial charge in [0, 0.05) is 23.8 Å². The largest absolute Gasteiger partial charge is 0.461 e. The summed E-state index contributed by atoms with van der Waals surface area (Å²) in [7, 11) is -1.69. The molecule has 208 valence electrons. The molecule has 0 fully saturated rings. The van der Waals surface area contributed by atoms with Crippen molar-refractivity contribution >= 4 is 33.1 Å². The highest BCUT2D eigenvalue weighted by Crippen LogP contribution is 2.47. The van der Waals surface area contributed by atoms with Crippen LogP contribution in [0.2, 0.25) is 5.02 Å². The first-order chi connectivity index (χ1) is 19.3. The number of benzene rings is 3. The van der Waals surface area contributed by atoms with Crippen molar-refractivity contribution in [3.05, 3.63) is 123 Å². The molecule has 0 saturated heterocycles. The Kier molecular flexibility index (Phi) is 8.74. The number of hydrogen-bond donors (Lipinski definition) is 1. The van der Waals surface area contributed by atoms with Crippen molar-refractivity contribution in [2.24, 2.45) is 0 Å². The molecule has 2 aliphatic rings. The van der Waals surface area contributed by atoms with E-state index >= 15 is 0 Å². The van der Waals surface area contributed by atoms with Gasteiger partial charge in [0.1, 0.15) is 6.61 Å². The lowest BCUT2D eigenvalue weighted by Crippen LogP contribution is -2.33. The molecule has 5 rings (SSSR count). The average Bonchev–Trinajstić information content (AvgIpc) is 3.11. The second-order valence-electron chi connectivity index (χ2n) is 10.2. The highest BCUT2D eigenvalue weighted by molar-refractivity contribution is 7.95. The number of allylic oxidation sites excluding steroid dienone is 2. The number of esters is 1. The van der Waals surface area contributed by atoms with Gasteiger partial charge < -0.3 is 10.1 Å². The van der Waals surface area contributed by atoms with Crippen molar-refractivity contribution in [3.63, 3.8) is 0 Å². The van der Waals surface area contributed by atoms with E-state index < -0.39 is 21.7 Å². The number of hydrogen-bond acceptors (Lipinski definition) is 6. The molecule has 0 aromatic heterocycles. The van der Waals surface area contributed by atoms with Crippen LogP contribution in [-0.4, -0.2) is 45.2 Å². The number of dihydropyridines is 1. The van der Waals surface area contributed by atoms with Gasteiger partial charge in [-0.25, -0.2) is 13.2 Å². The number of halogens is 1. The van der Waals surface area contributed by atoms with Crippen LogP contribution in [0.25, 0.3) is 5.70 Å². The number of carbonyl (C=O) groups is 1. The zero-order chi connectivity index (χ0) is 28.1. The molecule has 0 amide bonds. The Morgan fingerprint density at radius 2 is 1.65 bits per heavy atom. The van der Waals surface area contributed by atoms with Crippen molar-refractivity contribution < 1.29 is 17.9 Å². The third kappa shape index (κ3) is 6.17. The number of carbonyl (C=O) groups excluding carboxylic acids is 1. The molecule has 3 aromatic carbocycles. The van der Waals surface area contributed by atoms with Crippen LogP contribution in [0.5, 0.6) is 0 Å². The third-order valence-electron chi connectivity index (χ3n) is 7.32. The van der Waals surface area contributed by atoms with E-state index in [2.05, 4.69) is 22.3 Å². The standard InChI is InChI=1S/C32H33ClN2O4S/c1-35(22-23-12-4-2-5-13-23)19-20-39-32(36)29-28(25-16-8-9-17-26(25)33)31-27(18-10-11-21-40(31,37)38)34-30(29)24-14-6-3-7-15-24/h2-9,12-17,28,34H,10-11,18-22H2,1H3. The minimum Gasteiger partial charge on any atom is -0.461 e. The molecular weight excluding hydrogens is 544 g/mol. The Morgan fingerprint density at radius 3 is 2.38 bits per heavy atom. The number of nitrogens with one attached hydrogen (secondary N) is 1. The molecule has 8 heteroatoms. The van der Waals surface area contributed by atoms with Gasteiger partial charge in [0.25, 0.3) is 0 Å². The van der Waals surface area contributed by atoms with Gasteiger partial charge in [-0.1, -0.05) is 90.5 Å². The number of ether oxygens (including phenoxy) is 1. The summed E-state index contributed by atoms with van der Waals surface area (Å²) in [5.74, 6) is -1.41. The lowest BCUT2D eigenvalue weighted by Gasteiger charge is -2.33. The first-order valence-corrected chi connectivity index (χ1v) is 15.5. The molecular formula is C32H33ClN2O4S. The molecule has 0 bridgehead atoms. The number of nitrogens with zero attached hydrogens (tertiary/aromatic N) is 1. The predicted octanol–water partition coefficient (Wildman–Crippen LogP) is 5.92. The Balaban J connectivity index is 1.53. The Hall–Kier alpha value is -3.39. The van der Waals surface area contributed by atoms with E-state index in [0.717, 1.165) is 12.0 Å². The van der Waals surface area contributed by atoms with Gasteiger partial charge in [-0.2, -0.15) is 0 Å². The lowest BCUT2D eigenvalue weighted by molar-refractivity contribution is -0.139. The smallest absolute Gasteiger partial charge is 0.337 e. The van der Waals surface area contributed by atoms with Crippen LogP contribution in [-0.2, 0) is 25.9 Å². The first-order valence-electron chi connectivity index (χ1n) is 13.5. The van der Waals surface area contributed by atoms with Crippen molar-refractivity contribution in [2.75, 3.05) is 26.0 Å². The summed E-state index contributed by atoms with van der Waals surface area (Å²) in [5.41, 5.74) is 3.96. The molecule has 0 radical (unpaired) electrons. The van der Waals surface area contributed by atoms with Gasteiger partial charge in [-0.05, 0) is 49.1 Å². The van der Waals surface area contributed by atoms with E-state index in [1.54, 1.807) is 18.2 Å².